The molecule has 3 nitrogen and oxygen atoms in total. The molecule has 296 valence electrons. The summed E-state index contributed by atoms with van der Waals surface area (Å²) in [6.45, 7) is 19.3. The van der Waals surface area contributed by atoms with Crippen molar-refractivity contribution in [3.63, 3.8) is 0 Å². The van der Waals surface area contributed by atoms with Crippen LogP contribution in [0.3, 0.4) is 0 Å². The summed E-state index contributed by atoms with van der Waals surface area (Å²) < 4.78 is 12.3. The van der Waals surface area contributed by atoms with Crippen molar-refractivity contribution in [2.75, 3.05) is 0 Å². The van der Waals surface area contributed by atoms with E-state index >= 15 is 0 Å². The van der Waals surface area contributed by atoms with Gasteiger partial charge in [0.05, 0.1) is 0 Å². The van der Waals surface area contributed by atoms with Crippen LogP contribution in [-0.4, -0.2) is 12.1 Å². The molecule has 0 bridgehead atoms. The molecule has 0 radical (unpaired) electrons. The fourth-order valence-corrected chi connectivity index (χ4v) is 12.4. The van der Waals surface area contributed by atoms with Crippen LogP contribution in [0.2, 0.25) is 0 Å². The Morgan fingerprint density at radius 3 is 2.12 bits per heavy atom. The highest BCUT2D eigenvalue weighted by molar-refractivity contribution is 5.69. The number of hydrogen-bond donors (Lipinski definition) is 0. The normalized spacial score (nSPS) is 30.5. The molecule has 0 aliphatic heterocycles. The number of fused-ring (bicyclic) bond motifs is 5. The Labute approximate surface area is 321 Å². The number of ether oxygens (including phenoxy) is 1. The highest BCUT2D eigenvalue weighted by Gasteiger charge is 2.59. The standard InChI is InChI=1S/C49H82O3/c1-9-21-45-37(5)38(6)46(52-45)24-18-16-14-12-10-11-13-15-17-19-25-47(50)51-40-30-32-48(7)39(34-40)26-27-41-43-29-28-42(36(4)23-20-22-35(2)3)49(43,8)33-31-44(41)48/h26,35-36,40-44H,9-25,27-34H2,1-8H3. The molecule has 0 amide bonds. The molecule has 0 spiro atoms. The van der Waals surface area contributed by atoms with Gasteiger partial charge in [-0.05, 0) is 136 Å². The fourth-order valence-electron chi connectivity index (χ4n) is 12.4. The van der Waals surface area contributed by atoms with Gasteiger partial charge in [0.1, 0.15) is 17.6 Å². The topological polar surface area (TPSA) is 39.4 Å². The molecule has 8 unspecified atom stereocenters. The quantitative estimate of drug-likeness (QED) is 0.0722. The summed E-state index contributed by atoms with van der Waals surface area (Å²) in [6.07, 6.45) is 33.8. The first-order chi connectivity index (χ1) is 25.0. The fraction of sp³-hybridized carbons (Fsp3) is 0.857. The van der Waals surface area contributed by atoms with Gasteiger partial charge in [0.15, 0.2) is 0 Å². The van der Waals surface area contributed by atoms with Gasteiger partial charge in [-0.15, -0.1) is 0 Å². The lowest BCUT2D eigenvalue weighted by Gasteiger charge is -2.58. The molecular formula is C49H82O3. The largest absolute Gasteiger partial charge is 0.466 e. The summed E-state index contributed by atoms with van der Waals surface area (Å²) in [5.74, 6) is 7.72. The predicted octanol–water partition coefficient (Wildman–Crippen LogP) is 14.6. The molecule has 4 aliphatic carbocycles. The number of rotatable bonds is 21. The van der Waals surface area contributed by atoms with Gasteiger partial charge in [-0.3, -0.25) is 4.79 Å². The molecular weight excluding hydrogens is 637 g/mol. The zero-order chi connectivity index (χ0) is 37.3. The Morgan fingerprint density at radius 1 is 0.788 bits per heavy atom. The number of carbonyl (C=O) groups excluding carboxylic acids is 1. The Balaban J connectivity index is 0.932. The number of furan rings is 1. The van der Waals surface area contributed by atoms with E-state index in [9.17, 15) is 4.79 Å². The number of carbonyl (C=O) groups is 1. The molecule has 0 N–H and O–H groups in total. The van der Waals surface area contributed by atoms with Gasteiger partial charge >= 0.3 is 5.97 Å². The van der Waals surface area contributed by atoms with Crippen LogP contribution in [0.4, 0.5) is 0 Å². The zero-order valence-electron chi connectivity index (χ0n) is 35.5. The van der Waals surface area contributed by atoms with Crippen LogP contribution in [0.1, 0.15) is 212 Å². The molecule has 5 rings (SSSR count). The second kappa shape index (κ2) is 19.4. The first kappa shape index (κ1) is 41.6. The molecule has 1 aromatic heterocycles. The van der Waals surface area contributed by atoms with Crippen LogP contribution >= 0.6 is 0 Å². The zero-order valence-corrected chi connectivity index (χ0v) is 35.5. The Kier molecular flexibility index (Phi) is 15.5. The van der Waals surface area contributed by atoms with Gasteiger partial charge in [-0.25, -0.2) is 0 Å². The van der Waals surface area contributed by atoms with E-state index in [4.69, 9.17) is 9.15 Å². The molecule has 3 fully saturated rings. The smallest absolute Gasteiger partial charge is 0.306 e. The van der Waals surface area contributed by atoms with Gasteiger partial charge in [0.2, 0.25) is 0 Å². The van der Waals surface area contributed by atoms with E-state index in [1.54, 1.807) is 5.57 Å². The minimum Gasteiger partial charge on any atom is -0.466 e. The third-order valence-electron chi connectivity index (χ3n) is 15.7. The number of hydrogen-bond acceptors (Lipinski definition) is 3. The van der Waals surface area contributed by atoms with Gasteiger partial charge in [-0.2, -0.15) is 0 Å². The predicted molar refractivity (Wildman–Crippen MR) is 220 cm³/mol. The third kappa shape index (κ3) is 10.0. The lowest BCUT2D eigenvalue weighted by atomic mass is 9.47. The van der Waals surface area contributed by atoms with E-state index in [0.29, 0.717) is 17.3 Å². The number of unbranched alkanes of at least 4 members (excludes halogenated alkanes) is 9. The summed E-state index contributed by atoms with van der Waals surface area (Å²) in [5, 5.41) is 0. The van der Waals surface area contributed by atoms with Gasteiger partial charge in [0, 0.05) is 25.7 Å². The minimum atomic E-state index is 0.0531. The van der Waals surface area contributed by atoms with Crippen molar-refractivity contribution in [3.8, 4) is 0 Å². The maximum atomic E-state index is 12.9. The molecule has 1 heterocycles. The third-order valence-corrected chi connectivity index (χ3v) is 15.7. The lowest BCUT2D eigenvalue weighted by molar-refractivity contribution is -0.151. The first-order valence-electron chi connectivity index (χ1n) is 22.9. The summed E-state index contributed by atoms with van der Waals surface area (Å²) in [7, 11) is 0. The van der Waals surface area contributed by atoms with Crippen molar-refractivity contribution >= 4 is 5.97 Å². The number of aryl methyl sites for hydroxylation is 2. The van der Waals surface area contributed by atoms with E-state index < -0.39 is 0 Å². The second-order valence-electron chi connectivity index (χ2n) is 19.6. The molecule has 4 aliphatic rings. The molecule has 3 heteroatoms. The SMILES string of the molecule is CCCc1oc(CCCCCCCCCCCCC(=O)OC2CCC3(C)C(=CCC4C3CCC3(C)C(C(C)CCCC(C)C)CCC43)C2)c(C)c1C. The van der Waals surface area contributed by atoms with Gasteiger partial charge in [-0.1, -0.05) is 124 Å². The van der Waals surface area contributed by atoms with Crippen LogP contribution in [0.15, 0.2) is 16.1 Å². The summed E-state index contributed by atoms with van der Waals surface area (Å²) in [4.78, 5) is 12.9. The van der Waals surface area contributed by atoms with Crippen molar-refractivity contribution in [1.82, 2.24) is 0 Å². The maximum absolute atomic E-state index is 12.9. The summed E-state index contributed by atoms with van der Waals surface area (Å²) in [6, 6.07) is 0. The Bertz CT molecular complexity index is 1290. The summed E-state index contributed by atoms with van der Waals surface area (Å²) in [5.41, 5.74) is 5.27. The molecule has 1 aromatic rings. The van der Waals surface area contributed by atoms with Crippen molar-refractivity contribution in [1.29, 1.82) is 0 Å². The van der Waals surface area contributed by atoms with Crippen LogP contribution < -0.4 is 0 Å². The van der Waals surface area contributed by atoms with E-state index in [1.807, 2.05) is 0 Å². The van der Waals surface area contributed by atoms with Crippen molar-refractivity contribution in [3.05, 3.63) is 34.3 Å². The molecule has 0 aromatic carbocycles. The van der Waals surface area contributed by atoms with Crippen molar-refractivity contribution < 1.29 is 13.9 Å². The first-order valence-corrected chi connectivity index (χ1v) is 22.9. The highest BCUT2D eigenvalue weighted by Crippen LogP contribution is 2.67. The van der Waals surface area contributed by atoms with E-state index in [-0.39, 0.29) is 12.1 Å². The van der Waals surface area contributed by atoms with Crippen LogP contribution in [0, 0.1) is 60.2 Å². The molecule has 3 saturated carbocycles. The van der Waals surface area contributed by atoms with Crippen molar-refractivity contribution in [2.45, 2.75) is 222 Å². The van der Waals surface area contributed by atoms with Crippen LogP contribution in [0.25, 0.3) is 0 Å². The van der Waals surface area contributed by atoms with Crippen molar-refractivity contribution in [2.24, 2.45) is 46.3 Å². The molecule has 0 saturated heterocycles. The average Bonchev–Trinajstić information content (AvgIpc) is 3.60. The average molecular weight is 719 g/mol. The van der Waals surface area contributed by atoms with E-state index in [1.165, 1.54) is 132 Å². The van der Waals surface area contributed by atoms with Gasteiger partial charge < -0.3 is 9.15 Å². The number of allylic oxidation sites excluding steroid dienone is 1. The van der Waals surface area contributed by atoms with Crippen LogP contribution in [0.5, 0.6) is 0 Å². The van der Waals surface area contributed by atoms with E-state index in [2.05, 4.69) is 61.5 Å². The molecule has 52 heavy (non-hydrogen) atoms. The van der Waals surface area contributed by atoms with Crippen LogP contribution in [-0.2, 0) is 22.4 Å². The highest BCUT2D eigenvalue weighted by atomic mass is 16.5. The minimum absolute atomic E-state index is 0.0531. The second-order valence-corrected chi connectivity index (χ2v) is 19.6. The van der Waals surface area contributed by atoms with Gasteiger partial charge in [0.25, 0.3) is 0 Å². The molecule has 8 atom stereocenters. The van der Waals surface area contributed by atoms with E-state index in [0.717, 1.165) is 80.5 Å². The summed E-state index contributed by atoms with van der Waals surface area (Å²) >= 11 is 0. The lowest BCUT2D eigenvalue weighted by Crippen LogP contribution is -2.51. The Hall–Kier alpha value is -1.51. The maximum Gasteiger partial charge on any atom is 0.306 e. The Morgan fingerprint density at radius 2 is 1.44 bits per heavy atom. The monoisotopic (exact) mass is 719 g/mol. The number of esters is 1.